The first-order chi connectivity index (χ1) is 15.2. The Morgan fingerprint density at radius 1 is 1.00 bits per heavy atom. The van der Waals surface area contributed by atoms with Crippen molar-refractivity contribution in [1.82, 2.24) is 0 Å². The number of hydrogen-bond acceptors (Lipinski definition) is 11. The summed E-state index contributed by atoms with van der Waals surface area (Å²) in [5, 5.41) is 69.3. The van der Waals surface area contributed by atoms with Crippen molar-refractivity contribution in [1.29, 1.82) is 0 Å². The van der Waals surface area contributed by atoms with Crippen LogP contribution in [0.2, 0.25) is 0 Å². The molecular formula is C21H22O11. The standard InChI is InChI=1S/C21H22O11/c22-7-14-17(27)18(28)19(29)21(32-14)31-13-6-11(25)16(26)20-15(13)10(24)5-12(30-20)8-1-3-9(23)4-2-8/h1-4,6,12,14,17-19,21-23,25-29H,5,7H2/t12?,14-,17-,18+,19-,21-/m1/s1. The van der Waals surface area contributed by atoms with Crippen molar-refractivity contribution in [2.24, 2.45) is 0 Å². The van der Waals surface area contributed by atoms with Crippen molar-refractivity contribution >= 4 is 5.78 Å². The van der Waals surface area contributed by atoms with Crippen LogP contribution < -0.4 is 9.47 Å². The SMILES string of the molecule is O=C1CC(c2ccc(O)cc2)Oc2c(O)c(O)cc(O[C@@H]3O[C@H](CO)[C@@H](O)[C@H](O)[C@H]3O)c21. The fourth-order valence-electron chi connectivity index (χ4n) is 3.70. The van der Waals surface area contributed by atoms with Crippen LogP contribution in [0, 0.1) is 0 Å². The molecule has 4 rings (SSSR count). The molecule has 0 aliphatic carbocycles. The Labute approximate surface area is 181 Å². The largest absolute Gasteiger partial charge is 0.508 e. The summed E-state index contributed by atoms with van der Waals surface area (Å²) in [7, 11) is 0. The Kier molecular flexibility index (Phi) is 5.84. The second-order valence-corrected chi connectivity index (χ2v) is 7.59. The molecule has 1 saturated heterocycles. The van der Waals surface area contributed by atoms with Crippen molar-refractivity contribution in [3.8, 4) is 28.7 Å². The molecule has 2 heterocycles. The molecule has 0 amide bonds. The lowest BCUT2D eigenvalue weighted by Crippen LogP contribution is -2.60. The lowest BCUT2D eigenvalue weighted by atomic mass is 9.94. The van der Waals surface area contributed by atoms with Crippen molar-refractivity contribution in [3.63, 3.8) is 0 Å². The molecule has 2 aliphatic rings. The van der Waals surface area contributed by atoms with Gasteiger partial charge >= 0.3 is 0 Å². The summed E-state index contributed by atoms with van der Waals surface area (Å²) in [5.41, 5.74) is 0.327. The van der Waals surface area contributed by atoms with Crippen LogP contribution in [0.4, 0.5) is 0 Å². The summed E-state index contributed by atoms with van der Waals surface area (Å²) < 4.78 is 16.6. The number of aliphatic hydroxyl groups is 4. The molecule has 0 aromatic heterocycles. The van der Waals surface area contributed by atoms with Gasteiger partial charge in [0, 0.05) is 6.07 Å². The third-order valence-corrected chi connectivity index (χ3v) is 5.47. The Hall–Kier alpha value is -3.09. The number of ether oxygens (including phenoxy) is 3. The molecule has 2 aromatic carbocycles. The second kappa shape index (κ2) is 8.45. The van der Waals surface area contributed by atoms with Gasteiger partial charge in [0.1, 0.15) is 47.6 Å². The Morgan fingerprint density at radius 3 is 2.34 bits per heavy atom. The van der Waals surface area contributed by atoms with Gasteiger partial charge in [-0.25, -0.2) is 0 Å². The summed E-state index contributed by atoms with van der Waals surface area (Å²) in [6, 6.07) is 6.84. The fraction of sp³-hybridized carbons (Fsp3) is 0.381. The summed E-state index contributed by atoms with van der Waals surface area (Å²) >= 11 is 0. The highest BCUT2D eigenvalue weighted by Crippen LogP contribution is 2.49. The molecule has 0 spiro atoms. The van der Waals surface area contributed by atoms with Gasteiger partial charge in [-0.1, -0.05) is 12.1 Å². The number of carbonyl (C=O) groups is 1. The molecule has 172 valence electrons. The number of ketones is 1. The van der Waals surface area contributed by atoms with Gasteiger partial charge in [-0.2, -0.15) is 0 Å². The van der Waals surface area contributed by atoms with Gasteiger partial charge in [-0.3, -0.25) is 4.79 Å². The van der Waals surface area contributed by atoms with Crippen LogP contribution in [0.3, 0.4) is 0 Å². The maximum absolute atomic E-state index is 12.9. The smallest absolute Gasteiger partial charge is 0.229 e. The number of aliphatic hydroxyl groups excluding tert-OH is 4. The van der Waals surface area contributed by atoms with E-state index in [2.05, 4.69) is 0 Å². The minimum absolute atomic E-state index is 0.0204. The highest BCUT2D eigenvalue weighted by atomic mass is 16.7. The van der Waals surface area contributed by atoms with Gasteiger partial charge in [0.25, 0.3) is 0 Å². The maximum Gasteiger partial charge on any atom is 0.229 e. The van der Waals surface area contributed by atoms with Gasteiger partial charge in [0.05, 0.1) is 13.0 Å². The summed E-state index contributed by atoms with van der Waals surface area (Å²) in [6.07, 6.45) is -8.89. The van der Waals surface area contributed by atoms with Crippen molar-refractivity contribution in [2.75, 3.05) is 6.61 Å². The lowest BCUT2D eigenvalue weighted by molar-refractivity contribution is -0.277. The topological polar surface area (TPSA) is 186 Å². The number of rotatable bonds is 4. The average Bonchev–Trinajstić information content (AvgIpc) is 2.77. The third kappa shape index (κ3) is 3.80. The predicted octanol–water partition coefficient (Wildman–Crippen LogP) is -0.311. The summed E-state index contributed by atoms with van der Waals surface area (Å²) in [4.78, 5) is 12.9. The van der Waals surface area contributed by atoms with E-state index in [4.69, 9.17) is 14.2 Å². The van der Waals surface area contributed by atoms with E-state index in [0.29, 0.717) is 5.56 Å². The molecule has 2 aromatic rings. The van der Waals surface area contributed by atoms with E-state index in [0.717, 1.165) is 6.07 Å². The van der Waals surface area contributed by atoms with Crippen LogP contribution in [0.25, 0.3) is 0 Å². The van der Waals surface area contributed by atoms with Gasteiger partial charge < -0.3 is 50.0 Å². The number of aromatic hydroxyl groups is 3. The number of phenols is 3. The minimum Gasteiger partial charge on any atom is -0.508 e. The molecule has 0 saturated carbocycles. The maximum atomic E-state index is 12.9. The highest BCUT2D eigenvalue weighted by molar-refractivity contribution is 6.04. The number of phenolic OH excluding ortho intramolecular Hbond substituents is 3. The predicted molar refractivity (Wildman–Crippen MR) is 105 cm³/mol. The third-order valence-electron chi connectivity index (χ3n) is 5.47. The minimum atomic E-state index is -1.75. The molecule has 11 heteroatoms. The van der Waals surface area contributed by atoms with E-state index in [-0.39, 0.29) is 29.2 Å². The van der Waals surface area contributed by atoms with Crippen molar-refractivity contribution in [2.45, 2.75) is 43.2 Å². The molecule has 6 atom stereocenters. The van der Waals surface area contributed by atoms with Crippen LogP contribution in [-0.4, -0.2) is 78.8 Å². The zero-order valence-corrected chi connectivity index (χ0v) is 16.5. The fourth-order valence-corrected chi connectivity index (χ4v) is 3.70. The Bertz CT molecular complexity index is 1000. The number of fused-ring (bicyclic) bond motifs is 1. The first kappa shape index (κ1) is 22.1. The first-order valence-electron chi connectivity index (χ1n) is 9.76. The summed E-state index contributed by atoms with van der Waals surface area (Å²) in [6.45, 7) is -0.680. The van der Waals surface area contributed by atoms with E-state index in [1.165, 1.54) is 12.1 Å². The van der Waals surface area contributed by atoms with E-state index < -0.39 is 60.7 Å². The number of carbonyl (C=O) groups excluding carboxylic acids is 1. The van der Waals surface area contributed by atoms with E-state index in [1.54, 1.807) is 12.1 Å². The second-order valence-electron chi connectivity index (χ2n) is 7.59. The molecule has 11 nitrogen and oxygen atoms in total. The van der Waals surface area contributed by atoms with Crippen LogP contribution >= 0.6 is 0 Å². The Balaban J connectivity index is 1.67. The molecular weight excluding hydrogens is 428 g/mol. The Morgan fingerprint density at radius 2 is 1.69 bits per heavy atom. The van der Waals surface area contributed by atoms with E-state index >= 15 is 0 Å². The van der Waals surface area contributed by atoms with Gasteiger partial charge in [0.2, 0.25) is 12.0 Å². The van der Waals surface area contributed by atoms with Crippen LogP contribution in [0.1, 0.15) is 28.4 Å². The quantitative estimate of drug-likeness (QED) is 0.303. The van der Waals surface area contributed by atoms with E-state index in [1.807, 2.05) is 0 Å². The van der Waals surface area contributed by atoms with Gasteiger partial charge in [-0.15, -0.1) is 0 Å². The number of Topliss-reactive ketones (excluding diaryl/α,β-unsaturated/α-hetero) is 1. The van der Waals surface area contributed by atoms with Crippen LogP contribution in [0.15, 0.2) is 30.3 Å². The van der Waals surface area contributed by atoms with Crippen LogP contribution in [0.5, 0.6) is 28.7 Å². The highest BCUT2D eigenvalue weighted by Gasteiger charge is 2.45. The van der Waals surface area contributed by atoms with Crippen molar-refractivity contribution < 1.29 is 54.8 Å². The number of benzene rings is 2. The lowest BCUT2D eigenvalue weighted by Gasteiger charge is -2.40. The molecule has 1 unspecified atom stereocenters. The van der Waals surface area contributed by atoms with Crippen LogP contribution in [-0.2, 0) is 4.74 Å². The molecule has 0 bridgehead atoms. The molecule has 32 heavy (non-hydrogen) atoms. The molecule has 0 radical (unpaired) electrons. The molecule has 2 aliphatic heterocycles. The zero-order chi connectivity index (χ0) is 23.2. The summed E-state index contributed by atoms with van der Waals surface area (Å²) in [5.74, 6) is -2.51. The average molecular weight is 450 g/mol. The zero-order valence-electron chi connectivity index (χ0n) is 16.5. The van der Waals surface area contributed by atoms with Crippen molar-refractivity contribution in [3.05, 3.63) is 41.5 Å². The van der Waals surface area contributed by atoms with Gasteiger partial charge in [0.15, 0.2) is 17.3 Å². The molecule has 7 N–H and O–H groups in total. The number of hydrogen-bond donors (Lipinski definition) is 7. The van der Waals surface area contributed by atoms with E-state index in [9.17, 15) is 40.5 Å². The normalized spacial score (nSPS) is 29.8. The first-order valence-corrected chi connectivity index (χ1v) is 9.76. The van der Waals surface area contributed by atoms with Gasteiger partial charge in [-0.05, 0) is 17.7 Å². The molecule has 1 fully saturated rings. The monoisotopic (exact) mass is 450 g/mol.